The highest BCUT2D eigenvalue weighted by atomic mass is 32.1. The summed E-state index contributed by atoms with van der Waals surface area (Å²) in [7, 11) is 0. The number of thiophene rings is 1. The molecule has 0 saturated heterocycles. The molecule has 0 radical (unpaired) electrons. The first-order valence-corrected chi connectivity index (χ1v) is 9.73. The summed E-state index contributed by atoms with van der Waals surface area (Å²) in [4.78, 5) is 20.5. The van der Waals surface area contributed by atoms with E-state index < -0.39 is 0 Å². The molecule has 1 aliphatic carbocycles. The molecule has 4 rings (SSSR count). The van der Waals surface area contributed by atoms with Gasteiger partial charge in [-0.05, 0) is 24.3 Å². The first kappa shape index (κ1) is 15.8. The number of carbonyl (C=O) groups excluding carboxylic acids is 1. The quantitative estimate of drug-likeness (QED) is 0.906. The third-order valence-electron chi connectivity index (χ3n) is 5.19. The number of rotatable bonds is 5. The van der Waals surface area contributed by atoms with Gasteiger partial charge in [0.15, 0.2) is 0 Å². The first-order valence-electron chi connectivity index (χ1n) is 8.85. The molecule has 0 unspecified atom stereocenters. The van der Waals surface area contributed by atoms with Gasteiger partial charge in [0.2, 0.25) is 5.91 Å². The van der Waals surface area contributed by atoms with E-state index in [2.05, 4.69) is 37.3 Å². The summed E-state index contributed by atoms with van der Waals surface area (Å²) in [6, 6.07) is 4.32. The molecule has 1 fully saturated rings. The van der Waals surface area contributed by atoms with Crippen LogP contribution >= 0.6 is 11.3 Å². The van der Waals surface area contributed by atoms with Crippen molar-refractivity contribution in [1.29, 1.82) is 0 Å². The molecule has 0 spiro atoms. The number of hydrogen-bond acceptors (Lipinski definition) is 4. The molecule has 24 heavy (non-hydrogen) atoms. The zero-order chi connectivity index (χ0) is 16.4. The van der Waals surface area contributed by atoms with E-state index in [4.69, 9.17) is 0 Å². The van der Waals surface area contributed by atoms with E-state index in [1.807, 2.05) is 17.5 Å². The average Bonchev–Trinajstić information content (AvgIpc) is 3.11. The predicted molar refractivity (Wildman–Crippen MR) is 94.7 cm³/mol. The minimum absolute atomic E-state index is 0.213. The summed E-state index contributed by atoms with van der Waals surface area (Å²) >= 11 is 1.82. The van der Waals surface area contributed by atoms with Crippen LogP contribution < -0.4 is 5.32 Å². The van der Waals surface area contributed by atoms with Crippen LogP contribution in [0, 0.1) is 5.92 Å². The molecular formula is C18H24N4OS. The van der Waals surface area contributed by atoms with Gasteiger partial charge >= 0.3 is 0 Å². The van der Waals surface area contributed by atoms with E-state index in [1.54, 1.807) is 0 Å². The Morgan fingerprint density at radius 2 is 2.25 bits per heavy atom. The van der Waals surface area contributed by atoms with Gasteiger partial charge in [0.1, 0.15) is 5.82 Å². The number of carbonyl (C=O) groups is 1. The lowest BCUT2D eigenvalue weighted by atomic mass is 9.85. The van der Waals surface area contributed by atoms with Gasteiger partial charge in [-0.25, -0.2) is 4.98 Å². The number of hydrogen-bond donors (Lipinski definition) is 1. The molecule has 1 saturated carbocycles. The highest BCUT2D eigenvalue weighted by Gasteiger charge is 2.25. The molecule has 2 aliphatic rings. The molecule has 5 nitrogen and oxygen atoms in total. The Labute approximate surface area is 146 Å². The summed E-state index contributed by atoms with van der Waals surface area (Å²) < 4.78 is 2.30. The lowest BCUT2D eigenvalue weighted by Gasteiger charge is -2.24. The second-order valence-corrected chi connectivity index (χ2v) is 7.80. The molecule has 2 aromatic rings. The van der Waals surface area contributed by atoms with Crippen LogP contribution in [0.1, 0.15) is 35.7 Å². The summed E-state index contributed by atoms with van der Waals surface area (Å²) in [5.74, 6) is 1.61. The zero-order valence-corrected chi connectivity index (χ0v) is 14.7. The normalized spacial score (nSPS) is 18.7. The summed E-state index contributed by atoms with van der Waals surface area (Å²) in [5.41, 5.74) is 1.13. The van der Waals surface area contributed by atoms with Crippen LogP contribution in [-0.4, -0.2) is 33.4 Å². The van der Waals surface area contributed by atoms with Crippen molar-refractivity contribution in [2.75, 3.05) is 13.1 Å². The van der Waals surface area contributed by atoms with Gasteiger partial charge in [-0.2, -0.15) is 0 Å². The van der Waals surface area contributed by atoms with Gasteiger partial charge in [-0.15, -0.1) is 11.3 Å². The lowest BCUT2D eigenvalue weighted by Crippen LogP contribution is -2.34. The number of imidazole rings is 1. The van der Waals surface area contributed by atoms with E-state index in [-0.39, 0.29) is 11.8 Å². The van der Waals surface area contributed by atoms with Crippen LogP contribution in [-0.2, 0) is 30.8 Å². The van der Waals surface area contributed by atoms with Crippen molar-refractivity contribution in [3.8, 4) is 0 Å². The van der Waals surface area contributed by atoms with Crippen LogP contribution in [0.2, 0.25) is 0 Å². The SMILES string of the molecule is O=C(NCc1cnc2n1CCN(Cc1cccs1)CC2)C1CCC1. The monoisotopic (exact) mass is 344 g/mol. The van der Waals surface area contributed by atoms with Crippen molar-refractivity contribution in [2.45, 2.75) is 45.3 Å². The number of nitrogens with one attached hydrogen (secondary N) is 1. The maximum Gasteiger partial charge on any atom is 0.223 e. The number of fused-ring (bicyclic) bond motifs is 1. The Morgan fingerprint density at radius 1 is 1.33 bits per heavy atom. The standard InChI is InChI=1S/C18H24N4OS/c23-18(14-3-1-4-14)20-12-15-11-19-17-6-7-21(8-9-22(15)17)13-16-5-2-10-24-16/h2,5,10-11,14H,1,3-4,6-9,12-13H2,(H,20,23). The van der Waals surface area contributed by atoms with Gasteiger partial charge in [0.05, 0.1) is 18.4 Å². The minimum atomic E-state index is 0.213. The Balaban J connectivity index is 1.35. The lowest BCUT2D eigenvalue weighted by molar-refractivity contribution is -0.127. The smallest absolute Gasteiger partial charge is 0.223 e. The molecule has 0 aromatic carbocycles. The molecule has 0 bridgehead atoms. The third-order valence-corrected chi connectivity index (χ3v) is 6.05. The van der Waals surface area contributed by atoms with Crippen molar-refractivity contribution in [2.24, 2.45) is 5.92 Å². The van der Waals surface area contributed by atoms with Gasteiger partial charge in [0.25, 0.3) is 0 Å². The van der Waals surface area contributed by atoms with Gasteiger partial charge in [-0.1, -0.05) is 12.5 Å². The van der Waals surface area contributed by atoms with Gasteiger partial charge in [0, 0.05) is 43.4 Å². The molecule has 6 heteroatoms. The van der Waals surface area contributed by atoms with Gasteiger partial charge < -0.3 is 9.88 Å². The highest BCUT2D eigenvalue weighted by molar-refractivity contribution is 7.09. The Morgan fingerprint density at radius 3 is 3.00 bits per heavy atom. The first-order chi connectivity index (χ1) is 11.8. The number of aromatic nitrogens is 2. The Hall–Kier alpha value is -1.66. The maximum absolute atomic E-state index is 12.0. The fourth-order valence-corrected chi connectivity index (χ4v) is 4.20. The van der Waals surface area contributed by atoms with Crippen LogP contribution in [0.4, 0.5) is 0 Å². The van der Waals surface area contributed by atoms with Gasteiger partial charge in [-0.3, -0.25) is 9.69 Å². The number of nitrogens with zero attached hydrogens (tertiary/aromatic N) is 3. The van der Waals surface area contributed by atoms with E-state index in [9.17, 15) is 4.79 Å². The van der Waals surface area contributed by atoms with Crippen molar-refractivity contribution >= 4 is 17.2 Å². The highest BCUT2D eigenvalue weighted by Crippen LogP contribution is 2.26. The number of amides is 1. The van der Waals surface area contributed by atoms with E-state index in [0.717, 1.165) is 57.0 Å². The molecule has 128 valence electrons. The van der Waals surface area contributed by atoms with Crippen LogP contribution in [0.3, 0.4) is 0 Å². The molecular weight excluding hydrogens is 320 g/mol. The molecule has 1 N–H and O–H groups in total. The molecule has 0 atom stereocenters. The second-order valence-electron chi connectivity index (χ2n) is 6.77. The molecule has 3 heterocycles. The predicted octanol–water partition coefficient (Wildman–Crippen LogP) is 2.42. The van der Waals surface area contributed by atoms with Crippen LogP contribution in [0.25, 0.3) is 0 Å². The van der Waals surface area contributed by atoms with Crippen LogP contribution in [0.15, 0.2) is 23.7 Å². The third kappa shape index (κ3) is 3.39. The fraction of sp³-hybridized carbons (Fsp3) is 0.556. The van der Waals surface area contributed by atoms with Crippen molar-refractivity contribution in [1.82, 2.24) is 19.8 Å². The largest absolute Gasteiger partial charge is 0.350 e. The Bertz CT molecular complexity index is 690. The summed E-state index contributed by atoms with van der Waals surface area (Å²) in [6.07, 6.45) is 6.20. The zero-order valence-electron chi connectivity index (χ0n) is 13.9. The summed E-state index contributed by atoms with van der Waals surface area (Å²) in [5, 5.41) is 5.23. The topological polar surface area (TPSA) is 50.2 Å². The fourth-order valence-electron chi connectivity index (χ4n) is 3.45. The Kier molecular flexibility index (Phi) is 4.67. The average molecular weight is 344 g/mol. The van der Waals surface area contributed by atoms with Crippen molar-refractivity contribution < 1.29 is 4.79 Å². The van der Waals surface area contributed by atoms with Crippen molar-refractivity contribution in [3.63, 3.8) is 0 Å². The minimum Gasteiger partial charge on any atom is -0.350 e. The summed E-state index contributed by atoms with van der Waals surface area (Å²) in [6.45, 7) is 4.66. The molecule has 1 amide bonds. The molecule has 1 aliphatic heterocycles. The molecule has 2 aromatic heterocycles. The van der Waals surface area contributed by atoms with E-state index in [1.165, 1.54) is 11.3 Å². The van der Waals surface area contributed by atoms with E-state index in [0.29, 0.717) is 6.54 Å². The van der Waals surface area contributed by atoms with Crippen LogP contribution in [0.5, 0.6) is 0 Å². The maximum atomic E-state index is 12.0. The van der Waals surface area contributed by atoms with Crippen molar-refractivity contribution in [3.05, 3.63) is 40.1 Å². The van der Waals surface area contributed by atoms with E-state index >= 15 is 0 Å². The second kappa shape index (κ2) is 7.07.